The second-order valence-corrected chi connectivity index (χ2v) is 7.13. The third-order valence-electron chi connectivity index (χ3n) is 5.17. The smallest absolute Gasteiger partial charge is 0.123 e. The highest BCUT2D eigenvalue weighted by Crippen LogP contribution is 2.38. The quantitative estimate of drug-likeness (QED) is 0.914. The van der Waals surface area contributed by atoms with Crippen LogP contribution in [0.3, 0.4) is 0 Å². The first-order chi connectivity index (χ1) is 9.85. The molecular formula is C17H26ClFN2. The van der Waals surface area contributed by atoms with Crippen LogP contribution in [0, 0.1) is 11.7 Å². The Balaban J connectivity index is 2.19. The zero-order valence-electron chi connectivity index (χ0n) is 13.2. The van der Waals surface area contributed by atoms with E-state index in [1.54, 1.807) is 6.07 Å². The molecule has 2 N–H and O–H groups in total. The molecule has 1 fully saturated rings. The molecule has 0 saturated heterocycles. The van der Waals surface area contributed by atoms with Gasteiger partial charge < -0.3 is 10.6 Å². The van der Waals surface area contributed by atoms with Crippen molar-refractivity contribution in [3.05, 3.63) is 34.6 Å². The summed E-state index contributed by atoms with van der Waals surface area (Å²) < 4.78 is 13.4. The second-order valence-electron chi connectivity index (χ2n) is 6.73. The number of hydrogen-bond acceptors (Lipinski definition) is 2. The van der Waals surface area contributed by atoms with Crippen LogP contribution in [0.4, 0.5) is 4.39 Å². The van der Waals surface area contributed by atoms with Crippen molar-refractivity contribution in [1.82, 2.24) is 4.90 Å². The van der Waals surface area contributed by atoms with Gasteiger partial charge in [-0.15, -0.1) is 0 Å². The number of likely N-dealkylation sites (N-methyl/N-ethyl adjacent to an activating group) is 1. The first kappa shape index (κ1) is 16.7. The third kappa shape index (κ3) is 3.58. The lowest BCUT2D eigenvalue weighted by molar-refractivity contribution is 0.0568. The van der Waals surface area contributed by atoms with E-state index in [-0.39, 0.29) is 17.4 Å². The fraction of sp³-hybridized carbons (Fsp3) is 0.647. The summed E-state index contributed by atoms with van der Waals surface area (Å²) in [6.07, 6.45) is 5.19. The summed E-state index contributed by atoms with van der Waals surface area (Å²) in [7, 11) is 4.20. The minimum absolute atomic E-state index is 0.0117. The number of nitrogens with two attached hydrogens (primary N) is 1. The van der Waals surface area contributed by atoms with Gasteiger partial charge in [0, 0.05) is 16.6 Å². The molecule has 0 aliphatic heterocycles. The molecule has 1 atom stereocenters. The van der Waals surface area contributed by atoms with E-state index in [1.165, 1.54) is 25.0 Å². The molecule has 1 aliphatic rings. The number of rotatable bonds is 4. The number of halogens is 2. The summed E-state index contributed by atoms with van der Waals surface area (Å²) in [5, 5.41) is 0.602. The molecule has 1 aliphatic carbocycles. The van der Waals surface area contributed by atoms with Crippen molar-refractivity contribution >= 4 is 11.6 Å². The highest BCUT2D eigenvalue weighted by Gasteiger charge is 2.41. The average Bonchev–Trinajstić information content (AvgIpc) is 2.43. The Morgan fingerprint density at radius 1 is 1.38 bits per heavy atom. The molecule has 0 amide bonds. The van der Waals surface area contributed by atoms with E-state index < -0.39 is 0 Å². The van der Waals surface area contributed by atoms with Crippen molar-refractivity contribution in [2.45, 2.75) is 50.6 Å². The second kappa shape index (κ2) is 6.64. The molecule has 4 heteroatoms. The molecule has 0 heterocycles. The van der Waals surface area contributed by atoms with E-state index in [0.29, 0.717) is 11.4 Å². The van der Waals surface area contributed by atoms with Gasteiger partial charge in [0.15, 0.2) is 0 Å². The summed E-state index contributed by atoms with van der Waals surface area (Å²) in [4.78, 5) is 2.26. The van der Waals surface area contributed by atoms with Crippen LogP contribution in [-0.4, -0.2) is 30.6 Å². The molecule has 21 heavy (non-hydrogen) atoms. The Labute approximate surface area is 132 Å². The van der Waals surface area contributed by atoms with Crippen molar-refractivity contribution < 1.29 is 4.39 Å². The molecule has 0 bridgehead atoms. The van der Waals surface area contributed by atoms with Crippen LogP contribution in [0.5, 0.6) is 0 Å². The maximum absolute atomic E-state index is 13.4. The topological polar surface area (TPSA) is 29.3 Å². The van der Waals surface area contributed by atoms with E-state index in [9.17, 15) is 4.39 Å². The summed E-state index contributed by atoms with van der Waals surface area (Å²) >= 11 is 6.19. The van der Waals surface area contributed by atoms with Crippen LogP contribution in [0.15, 0.2) is 18.2 Å². The third-order valence-corrected chi connectivity index (χ3v) is 5.54. The minimum Gasteiger partial charge on any atom is -0.326 e. The molecular weight excluding hydrogens is 287 g/mol. The van der Waals surface area contributed by atoms with Gasteiger partial charge in [-0.3, -0.25) is 0 Å². The van der Waals surface area contributed by atoms with Gasteiger partial charge in [-0.1, -0.05) is 18.5 Å². The van der Waals surface area contributed by atoms with Gasteiger partial charge >= 0.3 is 0 Å². The normalized spacial score (nSPS) is 27.9. The van der Waals surface area contributed by atoms with E-state index in [2.05, 4.69) is 25.9 Å². The number of hydrogen-bond donors (Lipinski definition) is 1. The molecule has 1 saturated carbocycles. The van der Waals surface area contributed by atoms with Crippen LogP contribution in [0.25, 0.3) is 0 Å². The zero-order chi connectivity index (χ0) is 15.6. The summed E-state index contributed by atoms with van der Waals surface area (Å²) in [6.45, 7) is 2.30. The van der Waals surface area contributed by atoms with Crippen molar-refractivity contribution in [2.24, 2.45) is 11.7 Å². The Bertz CT molecular complexity index is 482. The standard InChI is InChI=1S/C17H26ClFN2/c1-12-6-8-17(9-7-12,21(2)3)16(20)11-13-10-14(19)4-5-15(13)18/h4-5,10,12,16H,6-9,11,20H2,1-3H3. The summed E-state index contributed by atoms with van der Waals surface area (Å²) in [5.41, 5.74) is 7.36. The Morgan fingerprint density at radius 2 is 2.00 bits per heavy atom. The molecule has 0 radical (unpaired) electrons. The Morgan fingerprint density at radius 3 is 2.57 bits per heavy atom. The highest BCUT2D eigenvalue weighted by atomic mass is 35.5. The van der Waals surface area contributed by atoms with Gasteiger partial charge in [0.05, 0.1) is 0 Å². The van der Waals surface area contributed by atoms with Gasteiger partial charge in [0.2, 0.25) is 0 Å². The van der Waals surface area contributed by atoms with Crippen LogP contribution < -0.4 is 5.73 Å². The van der Waals surface area contributed by atoms with Crippen LogP contribution >= 0.6 is 11.6 Å². The molecule has 0 spiro atoms. The molecule has 1 aromatic carbocycles. The van der Waals surface area contributed by atoms with E-state index >= 15 is 0 Å². The monoisotopic (exact) mass is 312 g/mol. The van der Waals surface area contributed by atoms with Crippen molar-refractivity contribution in [3.8, 4) is 0 Å². The maximum Gasteiger partial charge on any atom is 0.123 e. The van der Waals surface area contributed by atoms with E-state index in [1.807, 2.05) is 0 Å². The average molecular weight is 313 g/mol. The van der Waals surface area contributed by atoms with Crippen molar-refractivity contribution in [2.75, 3.05) is 14.1 Å². The number of nitrogens with zero attached hydrogens (tertiary/aromatic N) is 1. The van der Waals surface area contributed by atoms with Gasteiger partial charge in [0.1, 0.15) is 5.82 Å². The Hall–Kier alpha value is -0.640. The van der Waals surface area contributed by atoms with E-state index in [4.69, 9.17) is 17.3 Å². The summed E-state index contributed by atoms with van der Waals surface area (Å²) in [5.74, 6) is 0.515. The minimum atomic E-state index is -0.252. The first-order valence-corrected chi connectivity index (χ1v) is 8.10. The zero-order valence-corrected chi connectivity index (χ0v) is 14.0. The van der Waals surface area contributed by atoms with Crippen LogP contribution in [0.2, 0.25) is 5.02 Å². The van der Waals surface area contributed by atoms with Crippen molar-refractivity contribution in [1.29, 1.82) is 0 Å². The lowest BCUT2D eigenvalue weighted by Gasteiger charge is -2.48. The predicted octanol–water partition coefficient (Wildman–Crippen LogP) is 3.86. The fourth-order valence-corrected chi connectivity index (χ4v) is 3.73. The summed E-state index contributed by atoms with van der Waals surface area (Å²) in [6, 6.07) is 4.47. The molecule has 1 aromatic rings. The van der Waals surface area contributed by atoms with Crippen molar-refractivity contribution in [3.63, 3.8) is 0 Å². The van der Waals surface area contributed by atoms with Gasteiger partial charge in [-0.05, 0) is 75.9 Å². The SMILES string of the molecule is CC1CCC(C(N)Cc2cc(F)ccc2Cl)(N(C)C)CC1. The first-order valence-electron chi connectivity index (χ1n) is 7.72. The lowest BCUT2D eigenvalue weighted by atomic mass is 9.71. The molecule has 118 valence electrons. The Kier molecular flexibility index (Phi) is 5.29. The van der Waals surface area contributed by atoms with Crippen LogP contribution in [0.1, 0.15) is 38.2 Å². The molecule has 2 nitrogen and oxygen atoms in total. The largest absolute Gasteiger partial charge is 0.326 e. The molecule has 2 rings (SSSR count). The predicted molar refractivity (Wildman–Crippen MR) is 87.1 cm³/mol. The lowest BCUT2D eigenvalue weighted by Crippen LogP contribution is -2.59. The van der Waals surface area contributed by atoms with Crippen LogP contribution in [-0.2, 0) is 6.42 Å². The van der Waals surface area contributed by atoms with Gasteiger partial charge in [-0.25, -0.2) is 4.39 Å². The molecule has 1 unspecified atom stereocenters. The molecule has 0 aromatic heterocycles. The van der Waals surface area contributed by atoms with Gasteiger partial charge in [0.25, 0.3) is 0 Å². The van der Waals surface area contributed by atoms with E-state index in [0.717, 1.165) is 24.3 Å². The maximum atomic E-state index is 13.4. The highest BCUT2D eigenvalue weighted by molar-refractivity contribution is 6.31. The fourth-order valence-electron chi connectivity index (χ4n) is 3.54. The number of benzene rings is 1. The van der Waals surface area contributed by atoms with Gasteiger partial charge in [-0.2, -0.15) is 0 Å².